The van der Waals surface area contributed by atoms with Crippen LogP contribution < -0.4 is 0 Å². The number of hydrogen-bond donors (Lipinski definition) is 0. The predicted molar refractivity (Wildman–Crippen MR) is 73.7 cm³/mol. The Bertz CT molecular complexity index is 373. The summed E-state index contributed by atoms with van der Waals surface area (Å²) in [5.74, 6) is -0.327. The van der Waals surface area contributed by atoms with Crippen LogP contribution in [0.5, 0.6) is 0 Å². The van der Waals surface area contributed by atoms with Gasteiger partial charge in [-0.3, -0.25) is 4.79 Å². The Labute approximate surface area is 115 Å². The maximum Gasteiger partial charge on any atom is 0.462 e. The van der Waals surface area contributed by atoms with Gasteiger partial charge in [0, 0.05) is 5.82 Å². The number of methoxy groups -OCH3 is 1. The van der Waals surface area contributed by atoms with Crippen molar-refractivity contribution in [3.63, 3.8) is 0 Å². The van der Waals surface area contributed by atoms with Gasteiger partial charge >= 0.3 is 13.1 Å². The molecule has 5 heteroatoms. The van der Waals surface area contributed by atoms with E-state index in [1.165, 1.54) is 7.11 Å². The molecule has 19 heavy (non-hydrogen) atoms. The molecule has 0 unspecified atom stereocenters. The molecule has 1 fully saturated rings. The van der Waals surface area contributed by atoms with Crippen LogP contribution in [0.25, 0.3) is 0 Å². The average molecular weight is 266 g/mol. The van der Waals surface area contributed by atoms with E-state index in [4.69, 9.17) is 14.0 Å². The molecule has 0 spiro atoms. The molecule has 1 aliphatic heterocycles. The molecule has 0 aromatic heterocycles. The molecule has 1 aliphatic carbocycles. The smallest absolute Gasteiger partial charge is 0.462 e. The molecule has 4 nitrogen and oxygen atoms in total. The van der Waals surface area contributed by atoms with E-state index in [1.807, 2.05) is 33.8 Å². The van der Waals surface area contributed by atoms with Crippen molar-refractivity contribution in [1.29, 1.82) is 0 Å². The van der Waals surface area contributed by atoms with Crippen LogP contribution in [0.15, 0.2) is 12.2 Å². The number of carbonyl (C=O) groups is 1. The third kappa shape index (κ3) is 2.58. The Morgan fingerprint density at radius 2 is 1.68 bits per heavy atom. The second-order valence-electron chi connectivity index (χ2n) is 6.36. The van der Waals surface area contributed by atoms with Crippen molar-refractivity contribution in [2.75, 3.05) is 7.11 Å². The zero-order valence-electron chi connectivity index (χ0n) is 12.4. The molecular formula is C14H23BO4. The van der Waals surface area contributed by atoms with Gasteiger partial charge in [-0.2, -0.15) is 0 Å². The number of ether oxygens (including phenoxy) is 1. The van der Waals surface area contributed by atoms with Gasteiger partial charge in [-0.25, -0.2) is 0 Å². The standard InChI is InChI=1S/C14H23BO4/c1-13(2)14(3,4)19-15(18-13)11-9-7-6-8-10(11)12(16)17-5/h6-7,10-11H,8-9H2,1-5H3/t10-,11-/m0/s1. The molecule has 0 radical (unpaired) electrons. The fourth-order valence-corrected chi connectivity index (χ4v) is 2.62. The van der Waals surface area contributed by atoms with Gasteiger partial charge in [-0.05, 0) is 40.5 Å². The zero-order valence-corrected chi connectivity index (χ0v) is 12.4. The van der Waals surface area contributed by atoms with E-state index < -0.39 is 0 Å². The minimum Gasteiger partial charge on any atom is -0.469 e. The van der Waals surface area contributed by atoms with Crippen LogP contribution in [0.3, 0.4) is 0 Å². The normalized spacial score (nSPS) is 32.4. The van der Waals surface area contributed by atoms with Crippen molar-refractivity contribution in [2.24, 2.45) is 5.92 Å². The Morgan fingerprint density at radius 3 is 2.21 bits per heavy atom. The Morgan fingerprint density at radius 1 is 1.16 bits per heavy atom. The quantitative estimate of drug-likeness (QED) is 0.438. The molecule has 0 N–H and O–H groups in total. The Hall–Kier alpha value is -0.805. The maximum atomic E-state index is 11.9. The molecule has 0 amide bonds. The molecule has 2 rings (SSSR count). The topological polar surface area (TPSA) is 44.8 Å². The van der Waals surface area contributed by atoms with Crippen molar-refractivity contribution >= 4 is 13.1 Å². The SMILES string of the molecule is COC(=O)[C@H]1CC=CC[C@@H]1B1OC(C)(C)C(C)(C)O1. The van der Waals surface area contributed by atoms with E-state index in [-0.39, 0.29) is 36.0 Å². The predicted octanol–water partition coefficient (Wildman–Crippen LogP) is 2.59. The van der Waals surface area contributed by atoms with Gasteiger partial charge in [0.25, 0.3) is 0 Å². The molecule has 0 aromatic rings. The molecular weight excluding hydrogens is 243 g/mol. The van der Waals surface area contributed by atoms with E-state index in [0.717, 1.165) is 6.42 Å². The molecule has 2 atom stereocenters. The minimum atomic E-state index is -0.362. The summed E-state index contributed by atoms with van der Waals surface area (Å²) < 4.78 is 17.0. The highest BCUT2D eigenvalue weighted by molar-refractivity contribution is 6.48. The second-order valence-corrected chi connectivity index (χ2v) is 6.36. The summed E-state index contributed by atoms with van der Waals surface area (Å²) in [5.41, 5.74) is -0.723. The number of rotatable bonds is 2. The van der Waals surface area contributed by atoms with Crippen LogP contribution in [0, 0.1) is 5.92 Å². The van der Waals surface area contributed by atoms with E-state index >= 15 is 0 Å². The highest BCUT2D eigenvalue weighted by Gasteiger charge is 2.55. The monoisotopic (exact) mass is 266 g/mol. The first-order valence-corrected chi connectivity index (χ1v) is 6.87. The summed E-state index contributed by atoms with van der Waals surface area (Å²) in [5, 5.41) is 0. The van der Waals surface area contributed by atoms with Gasteiger partial charge in [0.15, 0.2) is 0 Å². The highest BCUT2D eigenvalue weighted by Crippen LogP contribution is 2.45. The van der Waals surface area contributed by atoms with Crippen molar-refractivity contribution in [2.45, 2.75) is 57.6 Å². The fourth-order valence-electron chi connectivity index (χ4n) is 2.62. The fraction of sp³-hybridized carbons (Fsp3) is 0.786. The van der Waals surface area contributed by atoms with Gasteiger partial charge in [0.2, 0.25) is 0 Å². The summed E-state index contributed by atoms with van der Waals surface area (Å²) in [7, 11) is 1.08. The van der Waals surface area contributed by atoms with Gasteiger partial charge in [0.1, 0.15) is 0 Å². The number of esters is 1. The van der Waals surface area contributed by atoms with Crippen LogP contribution in [0.2, 0.25) is 5.82 Å². The third-order valence-corrected chi connectivity index (χ3v) is 4.61. The summed E-state index contributed by atoms with van der Waals surface area (Å²) in [6.07, 6.45) is 5.61. The molecule has 2 aliphatic rings. The molecule has 0 saturated carbocycles. The number of carbonyl (C=O) groups excluding carboxylic acids is 1. The summed E-state index contributed by atoms with van der Waals surface area (Å²) >= 11 is 0. The lowest BCUT2D eigenvalue weighted by molar-refractivity contribution is -0.145. The average Bonchev–Trinajstić information content (AvgIpc) is 2.57. The van der Waals surface area contributed by atoms with Crippen molar-refractivity contribution in [1.82, 2.24) is 0 Å². The van der Waals surface area contributed by atoms with Crippen LogP contribution in [0.1, 0.15) is 40.5 Å². The van der Waals surface area contributed by atoms with Crippen LogP contribution in [-0.2, 0) is 18.8 Å². The lowest BCUT2D eigenvalue weighted by Crippen LogP contribution is -2.41. The van der Waals surface area contributed by atoms with Crippen LogP contribution in [-0.4, -0.2) is 31.4 Å². The zero-order chi connectivity index (χ0) is 14.3. The van der Waals surface area contributed by atoms with Gasteiger partial charge in [0.05, 0.1) is 24.2 Å². The first kappa shape index (κ1) is 14.6. The number of hydrogen-bond acceptors (Lipinski definition) is 4. The van der Waals surface area contributed by atoms with Crippen molar-refractivity contribution in [3.05, 3.63) is 12.2 Å². The van der Waals surface area contributed by atoms with Crippen LogP contribution >= 0.6 is 0 Å². The minimum absolute atomic E-state index is 0.0264. The van der Waals surface area contributed by atoms with Gasteiger partial charge in [-0.15, -0.1) is 0 Å². The van der Waals surface area contributed by atoms with Crippen LogP contribution in [0.4, 0.5) is 0 Å². The summed E-state index contributed by atoms with van der Waals surface area (Å²) in [4.78, 5) is 11.9. The lowest BCUT2D eigenvalue weighted by Gasteiger charge is -2.32. The molecule has 1 saturated heterocycles. The van der Waals surface area contributed by atoms with Crippen molar-refractivity contribution in [3.8, 4) is 0 Å². The Kier molecular flexibility index (Phi) is 3.80. The summed E-state index contributed by atoms with van der Waals surface area (Å²) in [6, 6.07) is 0. The maximum absolute atomic E-state index is 11.9. The van der Waals surface area contributed by atoms with Gasteiger partial charge < -0.3 is 14.0 Å². The highest BCUT2D eigenvalue weighted by atomic mass is 16.7. The van der Waals surface area contributed by atoms with E-state index in [1.54, 1.807) is 0 Å². The lowest BCUT2D eigenvalue weighted by atomic mass is 9.61. The van der Waals surface area contributed by atoms with Crippen molar-refractivity contribution < 1.29 is 18.8 Å². The third-order valence-electron chi connectivity index (χ3n) is 4.61. The largest absolute Gasteiger partial charge is 0.469 e. The van der Waals surface area contributed by atoms with E-state index in [0.29, 0.717) is 6.42 Å². The van der Waals surface area contributed by atoms with E-state index in [2.05, 4.69) is 6.08 Å². The first-order chi connectivity index (χ1) is 8.78. The Balaban J connectivity index is 2.17. The molecule has 0 aromatic carbocycles. The second kappa shape index (κ2) is 4.95. The molecule has 1 heterocycles. The molecule has 0 bridgehead atoms. The van der Waals surface area contributed by atoms with E-state index in [9.17, 15) is 4.79 Å². The molecule has 106 valence electrons. The summed E-state index contributed by atoms with van der Waals surface area (Å²) in [6.45, 7) is 8.11. The number of allylic oxidation sites excluding steroid dienone is 2. The first-order valence-electron chi connectivity index (χ1n) is 6.87. The van der Waals surface area contributed by atoms with Gasteiger partial charge in [-0.1, -0.05) is 12.2 Å².